The third kappa shape index (κ3) is 4.08. The molecule has 1 N–H and O–H groups in total. The average molecular weight is 287 g/mol. The highest BCUT2D eigenvalue weighted by molar-refractivity contribution is 5.30. The fraction of sp³-hybridized carbons (Fsp3) is 0.471. The molecule has 2 aromatic rings. The van der Waals surface area contributed by atoms with Gasteiger partial charge in [0, 0.05) is 12.1 Å². The number of benzene rings is 1. The van der Waals surface area contributed by atoms with Gasteiger partial charge in [-0.15, -0.1) is 0 Å². The van der Waals surface area contributed by atoms with Crippen LogP contribution in [0, 0.1) is 0 Å². The van der Waals surface area contributed by atoms with E-state index >= 15 is 0 Å². The average Bonchev–Trinajstić information content (AvgIpc) is 2.94. The summed E-state index contributed by atoms with van der Waals surface area (Å²) in [7, 11) is 0. The number of imidazole rings is 1. The Morgan fingerprint density at radius 2 is 2.10 bits per heavy atom. The summed E-state index contributed by atoms with van der Waals surface area (Å²) in [4.78, 5) is 4.20. The Labute approximate surface area is 127 Å². The fourth-order valence-corrected chi connectivity index (χ4v) is 2.36. The highest BCUT2D eigenvalue weighted by atomic mass is 16.5. The molecule has 0 bridgehead atoms. The van der Waals surface area contributed by atoms with Gasteiger partial charge >= 0.3 is 0 Å². The van der Waals surface area contributed by atoms with Crippen LogP contribution in [0.5, 0.6) is 5.75 Å². The van der Waals surface area contributed by atoms with Gasteiger partial charge in [0.2, 0.25) is 0 Å². The van der Waals surface area contributed by atoms with Crippen molar-refractivity contribution in [1.82, 2.24) is 14.9 Å². The molecule has 0 spiro atoms. The van der Waals surface area contributed by atoms with Crippen molar-refractivity contribution < 1.29 is 4.74 Å². The lowest BCUT2D eigenvalue weighted by Gasteiger charge is -2.15. The van der Waals surface area contributed by atoms with Crippen LogP contribution < -0.4 is 10.1 Å². The van der Waals surface area contributed by atoms with Gasteiger partial charge in [0.1, 0.15) is 12.4 Å². The summed E-state index contributed by atoms with van der Waals surface area (Å²) in [5.41, 5.74) is 2.34. The minimum Gasteiger partial charge on any atom is -0.487 e. The highest BCUT2D eigenvalue weighted by Crippen LogP contribution is 2.20. The van der Waals surface area contributed by atoms with E-state index in [2.05, 4.69) is 54.7 Å². The molecule has 0 fully saturated rings. The molecule has 2 rings (SSSR count). The van der Waals surface area contributed by atoms with Crippen molar-refractivity contribution in [3.05, 3.63) is 48.0 Å². The van der Waals surface area contributed by atoms with Crippen molar-refractivity contribution in [2.45, 2.75) is 46.4 Å². The number of nitrogens with zero attached hydrogens (tertiary/aromatic N) is 2. The maximum atomic E-state index is 5.92. The molecule has 0 aliphatic heterocycles. The summed E-state index contributed by atoms with van der Waals surface area (Å²) in [5, 5.41) is 3.41. The first-order valence-electron chi connectivity index (χ1n) is 7.58. The topological polar surface area (TPSA) is 39.1 Å². The molecule has 4 heteroatoms. The Kier molecular flexibility index (Phi) is 5.39. The second-order valence-electron chi connectivity index (χ2n) is 5.53. The molecule has 0 amide bonds. The second-order valence-corrected chi connectivity index (χ2v) is 5.53. The van der Waals surface area contributed by atoms with E-state index in [-0.39, 0.29) is 0 Å². The van der Waals surface area contributed by atoms with Crippen LogP contribution in [-0.4, -0.2) is 16.1 Å². The van der Waals surface area contributed by atoms with E-state index in [1.54, 1.807) is 0 Å². The molecule has 0 aliphatic rings. The lowest BCUT2D eigenvalue weighted by Crippen LogP contribution is -2.17. The molecule has 0 radical (unpaired) electrons. The van der Waals surface area contributed by atoms with Crippen molar-refractivity contribution in [2.24, 2.45) is 0 Å². The maximum absolute atomic E-state index is 5.92. The number of nitrogens with one attached hydrogen (secondary N) is 1. The van der Waals surface area contributed by atoms with E-state index in [4.69, 9.17) is 4.74 Å². The Morgan fingerprint density at radius 3 is 2.81 bits per heavy atom. The highest BCUT2D eigenvalue weighted by Gasteiger charge is 2.08. The van der Waals surface area contributed by atoms with E-state index in [0.29, 0.717) is 18.7 Å². The quantitative estimate of drug-likeness (QED) is 0.843. The molecule has 21 heavy (non-hydrogen) atoms. The second kappa shape index (κ2) is 7.27. The largest absolute Gasteiger partial charge is 0.487 e. The zero-order valence-corrected chi connectivity index (χ0v) is 13.3. The summed E-state index contributed by atoms with van der Waals surface area (Å²) in [6.07, 6.45) is 3.72. The molecule has 0 saturated carbocycles. The lowest BCUT2D eigenvalue weighted by molar-refractivity contribution is 0.291. The summed E-state index contributed by atoms with van der Waals surface area (Å²) in [5.74, 6) is 0.897. The molecular formula is C17H25N3O. The predicted octanol–water partition coefficient (Wildman–Crippen LogP) is 3.71. The van der Waals surface area contributed by atoms with Gasteiger partial charge in [-0.2, -0.15) is 0 Å². The van der Waals surface area contributed by atoms with Crippen LogP contribution in [-0.2, 0) is 6.61 Å². The summed E-state index contributed by atoms with van der Waals surface area (Å²) >= 11 is 0. The first-order valence-corrected chi connectivity index (χ1v) is 7.58. The van der Waals surface area contributed by atoms with E-state index in [9.17, 15) is 0 Å². The van der Waals surface area contributed by atoms with Gasteiger partial charge < -0.3 is 14.6 Å². The molecule has 1 heterocycles. The zero-order chi connectivity index (χ0) is 15.2. The van der Waals surface area contributed by atoms with Crippen molar-refractivity contribution in [2.75, 3.05) is 6.54 Å². The van der Waals surface area contributed by atoms with Crippen molar-refractivity contribution >= 4 is 0 Å². The van der Waals surface area contributed by atoms with Gasteiger partial charge in [-0.3, -0.25) is 0 Å². The van der Waals surface area contributed by atoms with Crippen LogP contribution in [0.1, 0.15) is 51.0 Å². The smallest absolute Gasteiger partial charge is 0.130 e. The van der Waals surface area contributed by atoms with Crippen LogP contribution in [0.4, 0.5) is 0 Å². The SMILES string of the molecule is CCNC(C)c1cccc(OCc2cncn2C(C)C)c1. The Hall–Kier alpha value is -1.81. The van der Waals surface area contributed by atoms with E-state index in [1.807, 2.05) is 24.7 Å². The summed E-state index contributed by atoms with van der Waals surface area (Å²) in [6, 6.07) is 8.99. The van der Waals surface area contributed by atoms with E-state index < -0.39 is 0 Å². The predicted molar refractivity (Wildman–Crippen MR) is 85.5 cm³/mol. The van der Waals surface area contributed by atoms with Crippen LogP contribution >= 0.6 is 0 Å². The number of hydrogen-bond acceptors (Lipinski definition) is 3. The van der Waals surface area contributed by atoms with Crippen LogP contribution in [0.25, 0.3) is 0 Å². The normalized spacial score (nSPS) is 12.6. The molecule has 1 aromatic carbocycles. The summed E-state index contributed by atoms with van der Waals surface area (Å²) in [6.45, 7) is 10.1. The number of rotatable bonds is 7. The van der Waals surface area contributed by atoms with Crippen molar-refractivity contribution in [1.29, 1.82) is 0 Å². The monoisotopic (exact) mass is 287 g/mol. The fourth-order valence-electron chi connectivity index (χ4n) is 2.36. The van der Waals surface area contributed by atoms with Gasteiger partial charge in [-0.1, -0.05) is 19.1 Å². The molecule has 0 saturated heterocycles. The van der Waals surface area contributed by atoms with E-state index in [1.165, 1.54) is 5.56 Å². The first kappa shape index (κ1) is 15.6. The molecule has 114 valence electrons. The molecule has 1 unspecified atom stereocenters. The standard InChI is InChI=1S/C17H25N3O/c1-5-19-14(4)15-7-6-8-17(9-15)21-11-16-10-18-12-20(16)13(2)3/h6-10,12-14,19H,5,11H2,1-4H3. The molecular weight excluding hydrogens is 262 g/mol. The third-order valence-corrected chi connectivity index (χ3v) is 3.56. The molecule has 4 nitrogen and oxygen atoms in total. The van der Waals surface area contributed by atoms with Crippen LogP contribution in [0.2, 0.25) is 0 Å². The van der Waals surface area contributed by atoms with Gasteiger partial charge in [0.05, 0.1) is 18.2 Å². The van der Waals surface area contributed by atoms with E-state index in [0.717, 1.165) is 18.0 Å². The summed E-state index contributed by atoms with van der Waals surface area (Å²) < 4.78 is 8.05. The van der Waals surface area contributed by atoms with Crippen LogP contribution in [0.3, 0.4) is 0 Å². The lowest BCUT2D eigenvalue weighted by atomic mass is 10.1. The Bertz CT molecular complexity index is 563. The maximum Gasteiger partial charge on any atom is 0.130 e. The van der Waals surface area contributed by atoms with Crippen molar-refractivity contribution in [3.8, 4) is 5.75 Å². The van der Waals surface area contributed by atoms with Crippen molar-refractivity contribution in [3.63, 3.8) is 0 Å². The number of hydrogen-bond donors (Lipinski definition) is 1. The zero-order valence-electron chi connectivity index (χ0n) is 13.3. The minimum absolute atomic E-state index is 0.333. The van der Waals surface area contributed by atoms with Gasteiger partial charge in [0.15, 0.2) is 0 Å². The Morgan fingerprint density at radius 1 is 1.29 bits per heavy atom. The minimum atomic E-state index is 0.333. The van der Waals surface area contributed by atoms with Gasteiger partial charge in [0.25, 0.3) is 0 Å². The number of ether oxygens (including phenoxy) is 1. The number of aromatic nitrogens is 2. The third-order valence-electron chi connectivity index (χ3n) is 3.56. The molecule has 1 aromatic heterocycles. The first-order chi connectivity index (χ1) is 10.1. The van der Waals surface area contributed by atoms with Gasteiger partial charge in [-0.05, 0) is 45.0 Å². The van der Waals surface area contributed by atoms with Crippen LogP contribution in [0.15, 0.2) is 36.8 Å². The molecule has 0 aliphatic carbocycles. The Balaban J connectivity index is 2.03. The molecule has 1 atom stereocenters. The van der Waals surface area contributed by atoms with Gasteiger partial charge in [-0.25, -0.2) is 4.98 Å².